The Balaban J connectivity index is 2.78. The summed E-state index contributed by atoms with van der Waals surface area (Å²) in [6.07, 6.45) is 4.84. The Morgan fingerprint density at radius 3 is 2.74 bits per heavy atom. The van der Waals surface area contributed by atoms with Crippen molar-refractivity contribution in [2.45, 2.75) is 12.5 Å². The maximum Gasteiger partial charge on any atom is 0.328 e. The number of nitrogens with one attached hydrogen (secondary N) is 1. The Bertz CT molecular complexity index is 603. The van der Waals surface area contributed by atoms with Crippen molar-refractivity contribution in [3.05, 3.63) is 46.0 Å². The van der Waals surface area contributed by atoms with Crippen LogP contribution in [-0.2, 0) is 14.3 Å². The normalized spacial score (nSPS) is 11.9. The van der Waals surface area contributed by atoms with E-state index < -0.39 is 22.8 Å². The largest absolute Gasteiger partial charge is 0.467 e. The van der Waals surface area contributed by atoms with Gasteiger partial charge in [0, 0.05) is 12.1 Å². The summed E-state index contributed by atoms with van der Waals surface area (Å²) in [6, 6.07) is 5.34. The number of hydrogen-bond donors (Lipinski definition) is 1. The van der Waals surface area contributed by atoms with Crippen LogP contribution < -0.4 is 5.32 Å². The van der Waals surface area contributed by atoms with E-state index in [1.165, 1.54) is 25.3 Å². The van der Waals surface area contributed by atoms with Gasteiger partial charge in [0.1, 0.15) is 6.04 Å². The molecule has 1 atom stereocenters. The number of esters is 1. The number of rotatable bonds is 8. The first-order valence-corrected chi connectivity index (χ1v) is 8.17. The number of thioether (sulfide) groups is 1. The van der Waals surface area contributed by atoms with Gasteiger partial charge in [0.15, 0.2) is 0 Å². The molecule has 0 saturated carbocycles. The van der Waals surface area contributed by atoms with E-state index in [-0.39, 0.29) is 5.69 Å². The molecular weight excluding hydrogens is 320 g/mol. The van der Waals surface area contributed by atoms with Gasteiger partial charge in [0.25, 0.3) is 5.69 Å². The van der Waals surface area contributed by atoms with E-state index in [9.17, 15) is 19.7 Å². The molecule has 1 aromatic rings. The first-order chi connectivity index (χ1) is 11.0. The molecule has 23 heavy (non-hydrogen) atoms. The molecule has 0 aliphatic rings. The molecule has 0 fully saturated rings. The topological polar surface area (TPSA) is 98.5 Å². The summed E-state index contributed by atoms with van der Waals surface area (Å²) in [6.45, 7) is 0. The van der Waals surface area contributed by atoms with Gasteiger partial charge < -0.3 is 10.1 Å². The molecule has 1 N–H and O–H groups in total. The first kappa shape index (κ1) is 18.7. The minimum Gasteiger partial charge on any atom is -0.467 e. The summed E-state index contributed by atoms with van der Waals surface area (Å²) in [5.74, 6) is -0.348. The second-order valence-corrected chi connectivity index (χ2v) is 5.50. The molecule has 0 heterocycles. The van der Waals surface area contributed by atoms with Crippen LogP contribution in [0.15, 0.2) is 30.3 Å². The minimum atomic E-state index is -0.740. The van der Waals surface area contributed by atoms with Crippen LogP contribution in [0.25, 0.3) is 6.08 Å². The van der Waals surface area contributed by atoms with E-state index in [0.29, 0.717) is 17.7 Å². The molecule has 0 aromatic heterocycles. The van der Waals surface area contributed by atoms with Crippen LogP contribution >= 0.6 is 11.8 Å². The standard InChI is InChI=1S/C15H18N2O5S/c1-22-15(19)12(9-10-23-2)16-14(18)8-7-11-5-3-4-6-13(11)17(20)21/h3-8,12H,9-10H2,1-2H3,(H,16,18)/b8-7+/t12-/m1/s1. The van der Waals surface area contributed by atoms with Gasteiger partial charge in [0.05, 0.1) is 17.6 Å². The molecular formula is C15H18N2O5S. The number of para-hydroxylation sites is 1. The lowest BCUT2D eigenvalue weighted by Crippen LogP contribution is -2.41. The maximum absolute atomic E-state index is 11.9. The van der Waals surface area contributed by atoms with Crippen LogP contribution in [0.1, 0.15) is 12.0 Å². The highest BCUT2D eigenvalue weighted by molar-refractivity contribution is 7.98. The molecule has 1 aromatic carbocycles. The van der Waals surface area contributed by atoms with E-state index in [1.807, 2.05) is 6.26 Å². The van der Waals surface area contributed by atoms with Crippen LogP contribution in [0.4, 0.5) is 5.69 Å². The van der Waals surface area contributed by atoms with Crippen molar-refractivity contribution in [3.8, 4) is 0 Å². The second kappa shape index (κ2) is 9.62. The maximum atomic E-state index is 11.9. The molecule has 1 amide bonds. The highest BCUT2D eigenvalue weighted by atomic mass is 32.2. The molecule has 0 bridgehead atoms. The average Bonchev–Trinajstić information content (AvgIpc) is 2.56. The molecule has 0 aliphatic carbocycles. The van der Waals surface area contributed by atoms with Crippen LogP contribution in [-0.4, -0.2) is 42.0 Å². The lowest BCUT2D eigenvalue weighted by Gasteiger charge is -2.14. The van der Waals surface area contributed by atoms with Crippen molar-refractivity contribution in [1.29, 1.82) is 0 Å². The number of ether oxygens (including phenoxy) is 1. The number of benzene rings is 1. The molecule has 7 nitrogen and oxygen atoms in total. The van der Waals surface area contributed by atoms with Crippen LogP contribution in [0, 0.1) is 10.1 Å². The molecule has 0 spiro atoms. The Morgan fingerprint density at radius 2 is 2.13 bits per heavy atom. The summed E-state index contributed by atoms with van der Waals surface area (Å²) in [4.78, 5) is 33.9. The Hall–Kier alpha value is -2.35. The Morgan fingerprint density at radius 1 is 1.43 bits per heavy atom. The van der Waals surface area contributed by atoms with E-state index in [1.54, 1.807) is 23.9 Å². The van der Waals surface area contributed by atoms with Crippen molar-refractivity contribution in [1.82, 2.24) is 5.32 Å². The third-order valence-corrected chi connectivity index (χ3v) is 3.60. The molecule has 0 radical (unpaired) electrons. The van der Waals surface area contributed by atoms with Crippen molar-refractivity contribution in [2.24, 2.45) is 0 Å². The monoisotopic (exact) mass is 338 g/mol. The first-order valence-electron chi connectivity index (χ1n) is 6.78. The third kappa shape index (κ3) is 6.11. The fraction of sp³-hybridized carbons (Fsp3) is 0.333. The summed E-state index contributed by atoms with van der Waals surface area (Å²) in [5, 5.41) is 13.4. The Kier molecular flexibility index (Phi) is 7.82. The molecule has 0 aliphatic heterocycles. The predicted octanol–water partition coefficient (Wildman–Crippen LogP) is 2.02. The lowest BCUT2D eigenvalue weighted by molar-refractivity contribution is -0.385. The van der Waals surface area contributed by atoms with Crippen molar-refractivity contribution in [2.75, 3.05) is 19.1 Å². The SMILES string of the molecule is COC(=O)[C@@H](CCSC)NC(=O)/C=C/c1ccccc1[N+](=O)[O-]. The molecule has 124 valence electrons. The highest BCUT2D eigenvalue weighted by Gasteiger charge is 2.20. The number of carbonyl (C=O) groups is 2. The molecule has 8 heteroatoms. The quantitative estimate of drug-likeness (QED) is 0.337. The van der Waals surface area contributed by atoms with E-state index in [0.717, 1.165) is 6.08 Å². The van der Waals surface area contributed by atoms with Gasteiger partial charge in [-0.25, -0.2) is 4.79 Å². The summed E-state index contributed by atoms with van der Waals surface area (Å²) >= 11 is 1.55. The van der Waals surface area contributed by atoms with Gasteiger partial charge >= 0.3 is 5.97 Å². The van der Waals surface area contributed by atoms with Crippen molar-refractivity contribution >= 4 is 35.4 Å². The number of nitro benzene ring substituents is 1. The highest BCUT2D eigenvalue weighted by Crippen LogP contribution is 2.18. The summed E-state index contributed by atoms with van der Waals surface area (Å²) in [5.41, 5.74) is 0.217. The van der Waals surface area contributed by atoms with Crippen molar-refractivity contribution < 1.29 is 19.2 Å². The van der Waals surface area contributed by atoms with Crippen LogP contribution in [0.3, 0.4) is 0 Å². The number of nitro groups is 1. The van der Waals surface area contributed by atoms with Gasteiger partial charge in [-0.1, -0.05) is 12.1 Å². The van der Waals surface area contributed by atoms with E-state index in [4.69, 9.17) is 0 Å². The van der Waals surface area contributed by atoms with Gasteiger partial charge in [-0.2, -0.15) is 11.8 Å². The second-order valence-electron chi connectivity index (χ2n) is 4.52. The summed E-state index contributed by atoms with van der Waals surface area (Å²) < 4.78 is 4.65. The number of hydrogen-bond acceptors (Lipinski definition) is 6. The zero-order chi connectivity index (χ0) is 17.2. The van der Waals surface area contributed by atoms with E-state index >= 15 is 0 Å². The fourth-order valence-electron chi connectivity index (χ4n) is 1.81. The third-order valence-electron chi connectivity index (χ3n) is 2.96. The average molecular weight is 338 g/mol. The number of methoxy groups -OCH3 is 1. The lowest BCUT2D eigenvalue weighted by atomic mass is 10.1. The van der Waals surface area contributed by atoms with Crippen LogP contribution in [0.5, 0.6) is 0 Å². The van der Waals surface area contributed by atoms with Crippen LogP contribution in [0.2, 0.25) is 0 Å². The zero-order valence-electron chi connectivity index (χ0n) is 12.9. The van der Waals surface area contributed by atoms with Crippen molar-refractivity contribution in [3.63, 3.8) is 0 Å². The Labute approximate surface area is 138 Å². The molecule has 1 rings (SSSR count). The molecule has 0 saturated heterocycles. The minimum absolute atomic E-state index is 0.0940. The van der Waals surface area contributed by atoms with Gasteiger partial charge in [0.2, 0.25) is 5.91 Å². The molecule has 0 unspecified atom stereocenters. The van der Waals surface area contributed by atoms with Gasteiger partial charge in [-0.3, -0.25) is 14.9 Å². The van der Waals surface area contributed by atoms with E-state index in [2.05, 4.69) is 10.1 Å². The zero-order valence-corrected chi connectivity index (χ0v) is 13.7. The number of carbonyl (C=O) groups excluding carboxylic acids is 2. The van der Waals surface area contributed by atoms with Gasteiger partial charge in [-0.05, 0) is 30.6 Å². The summed E-state index contributed by atoms with van der Waals surface area (Å²) in [7, 11) is 1.25. The number of nitrogens with zero attached hydrogens (tertiary/aromatic N) is 1. The smallest absolute Gasteiger partial charge is 0.328 e. The predicted molar refractivity (Wildman–Crippen MR) is 89.1 cm³/mol. The van der Waals surface area contributed by atoms with Gasteiger partial charge in [-0.15, -0.1) is 0 Å². The fourth-order valence-corrected chi connectivity index (χ4v) is 2.28. The number of amides is 1.